The average Bonchev–Trinajstić information content (AvgIpc) is 2.38. The van der Waals surface area contributed by atoms with E-state index in [1.807, 2.05) is 19.1 Å². The summed E-state index contributed by atoms with van der Waals surface area (Å²) < 4.78 is 4.36. The lowest BCUT2D eigenvalue weighted by molar-refractivity contribution is -0.122. The van der Waals surface area contributed by atoms with Crippen LogP contribution in [-0.2, 0) is 9.53 Å². The zero-order chi connectivity index (χ0) is 14.4. The minimum atomic E-state index is -0.766. The first kappa shape index (κ1) is 15.5. The second-order valence-electron chi connectivity index (χ2n) is 4.14. The number of hydrogen-bond donors (Lipinski definition) is 2. The average molecular weight is 285 g/mol. The van der Waals surface area contributed by atoms with Crippen LogP contribution in [-0.4, -0.2) is 25.2 Å². The lowest BCUT2D eigenvalue weighted by atomic mass is 10.1. The van der Waals surface area contributed by atoms with Crippen molar-refractivity contribution in [1.29, 1.82) is 0 Å². The SMILES string of the molecule is COC(=O)NC(=O)[C@@H](C)N[C@H](C)c1ccc(Cl)cc1. The Morgan fingerprint density at radius 1 is 1.21 bits per heavy atom. The quantitative estimate of drug-likeness (QED) is 0.890. The number of benzene rings is 1. The molecular weight excluding hydrogens is 268 g/mol. The predicted molar refractivity (Wildman–Crippen MR) is 73.0 cm³/mol. The van der Waals surface area contributed by atoms with Crippen molar-refractivity contribution in [3.05, 3.63) is 34.9 Å². The van der Waals surface area contributed by atoms with Crippen molar-refractivity contribution in [2.75, 3.05) is 7.11 Å². The standard InChI is InChI=1S/C13H17ClN2O3/c1-8(10-4-6-11(14)7-5-10)15-9(2)12(17)16-13(18)19-3/h4-9,15H,1-3H3,(H,16,17,18)/t8-,9-/m1/s1. The Hall–Kier alpha value is -1.59. The predicted octanol–water partition coefficient (Wildman–Crippen LogP) is 2.26. The van der Waals surface area contributed by atoms with E-state index in [0.29, 0.717) is 5.02 Å². The Labute approximate surface area is 117 Å². The summed E-state index contributed by atoms with van der Waals surface area (Å²) in [6.45, 7) is 3.59. The third kappa shape index (κ3) is 4.89. The van der Waals surface area contributed by atoms with E-state index in [1.165, 1.54) is 7.11 Å². The van der Waals surface area contributed by atoms with E-state index in [2.05, 4.69) is 15.4 Å². The highest BCUT2D eigenvalue weighted by atomic mass is 35.5. The van der Waals surface area contributed by atoms with Gasteiger partial charge in [-0.15, -0.1) is 0 Å². The smallest absolute Gasteiger partial charge is 0.413 e. The molecule has 6 heteroatoms. The second kappa shape index (κ2) is 7.11. The van der Waals surface area contributed by atoms with Crippen LogP contribution in [0.3, 0.4) is 0 Å². The molecule has 1 aromatic carbocycles. The normalized spacial score (nSPS) is 13.5. The fraction of sp³-hybridized carbons (Fsp3) is 0.385. The number of halogens is 1. The Morgan fingerprint density at radius 3 is 2.32 bits per heavy atom. The number of methoxy groups -OCH3 is 1. The molecule has 2 N–H and O–H groups in total. The molecule has 104 valence electrons. The van der Waals surface area contributed by atoms with Crippen LogP contribution in [0, 0.1) is 0 Å². The monoisotopic (exact) mass is 284 g/mol. The third-order valence-corrected chi connectivity index (χ3v) is 2.93. The van der Waals surface area contributed by atoms with Gasteiger partial charge in [0.15, 0.2) is 0 Å². The highest BCUT2D eigenvalue weighted by Gasteiger charge is 2.18. The van der Waals surface area contributed by atoms with Gasteiger partial charge in [0, 0.05) is 11.1 Å². The Bertz CT molecular complexity index is 448. The minimum Gasteiger partial charge on any atom is -0.453 e. The zero-order valence-electron chi connectivity index (χ0n) is 11.1. The molecule has 0 aliphatic heterocycles. The van der Waals surface area contributed by atoms with Crippen LogP contribution < -0.4 is 10.6 Å². The van der Waals surface area contributed by atoms with Crippen LogP contribution in [0.4, 0.5) is 4.79 Å². The zero-order valence-corrected chi connectivity index (χ0v) is 11.8. The van der Waals surface area contributed by atoms with E-state index in [1.54, 1.807) is 19.1 Å². The van der Waals surface area contributed by atoms with Gasteiger partial charge in [-0.25, -0.2) is 4.79 Å². The molecule has 2 amide bonds. The van der Waals surface area contributed by atoms with E-state index >= 15 is 0 Å². The van der Waals surface area contributed by atoms with Crippen molar-refractivity contribution in [1.82, 2.24) is 10.6 Å². The van der Waals surface area contributed by atoms with E-state index in [4.69, 9.17) is 11.6 Å². The molecule has 0 aromatic heterocycles. The maximum atomic E-state index is 11.6. The summed E-state index contributed by atoms with van der Waals surface area (Å²) in [5, 5.41) is 5.85. The molecule has 2 atom stereocenters. The number of alkyl carbamates (subject to hydrolysis) is 1. The van der Waals surface area contributed by atoms with E-state index in [0.717, 1.165) is 5.56 Å². The Kier molecular flexibility index (Phi) is 5.79. The molecule has 5 nitrogen and oxygen atoms in total. The molecule has 19 heavy (non-hydrogen) atoms. The lowest BCUT2D eigenvalue weighted by Crippen LogP contribution is -2.45. The largest absolute Gasteiger partial charge is 0.453 e. The first-order valence-electron chi connectivity index (χ1n) is 5.84. The highest BCUT2D eigenvalue weighted by Crippen LogP contribution is 2.16. The second-order valence-corrected chi connectivity index (χ2v) is 4.58. The number of carbonyl (C=O) groups is 2. The van der Waals surface area contributed by atoms with Gasteiger partial charge in [-0.3, -0.25) is 15.4 Å². The third-order valence-electron chi connectivity index (χ3n) is 2.67. The van der Waals surface area contributed by atoms with Crippen LogP contribution >= 0.6 is 11.6 Å². The lowest BCUT2D eigenvalue weighted by Gasteiger charge is -2.19. The van der Waals surface area contributed by atoms with Crippen molar-refractivity contribution in [3.63, 3.8) is 0 Å². The topological polar surface area (TPSA) is 67.4 Å². The number of nitrogens with one attached hydrogen (secondary N) is 2. The van der Waals surface area contributed by atoms with Crippen molar-refractivity contribution in [2.45, 2.75) is 25.9 Å². The number of imide groups is 1. The Balaban J connectivity index is 2.56. The number of carbonyl (C=O) groups excluding carboxylic acids is 2. The molecule has 0 bridgehead atoms. The van der Waals surface area contributed by atoms with Gasteiger partial charge < -0.3 is 4.74 Å². The molecular formula is C13H17ClN2O3. The first-order valence-corrected chi connectivity index (χ1v) is 6.22. The van der Waals surface area contributed by atoms with Crippen molar-refractivity contribution in [2.24, 2.45) is 0 Å². The molecule has 0 saturated carbocycles. The number of ether oxygens (including phenoxy) is 1. The fourth-order valence-corrected chi connectivity index (χ4v) is 1.68. The van der Waals surface area contributed by atoms with Crippen LogP contribution in [0.15, 0.2) is 24.3 Å². The molecule has 0 aliphatic rings. The summed E-state index contributed by atoms with van der Waals surface area (Å²) in [5.74, 6) is -0.437. The van der Waals surface area contributed by atoms with Crippen molar-refractivity contribution < 1.29 is 14.3 Å². The molecule has 1 rings (SSSR count). The van der Waals surface area contributed by atoms with Crippen LogP contribution in [0.25, 0.3) is 0 Å². The maximum Gasteiger partial charge on any atom is 0.413 e. The van der Waals surface area contributed by atoms with Gasteiger partial charge in [-0.05, 0) is 31.5 Å². The van der Waals surface area contributed by atoms with E-state index < -0.39 is 18.0 Å². The molecule has 0 radical (unpaired) electrons. The van der Waals surface area contributed by atoms with Crippen molar-refractivity contribution in [3.8, 4) is 0 Å². The van der Waals surface area contributed by atoms with Gasteiger partial charge in [0.2, 0.25) is 5.91 Å². The van der Waals surface area contributed by atoms with E-state index in [9.17, 15) is 9.59 Å². The summed E-state index contributed by atoms with van der Waals surface area (Å²) >= 11 is 5.81. The van der Waals surface area contributed by atoms with Crippen LogP contribution in [0.1, 0.15) is 25.5 Å². The molecule has 0 saturated heterocycles. The summed E-state index contributed by atoms with van der Waals surface area (Å²) in [4.78, 5) is 22.6. The summed E-state index contributed by atoms with van der Waals surface area (Å²) in [6, 6.07) is 6.76. The van der Waals surface area contributed by atoms with Gasteiger partial charge in [-0.1, -0.05) is 23.7 Å². The first-order chi connectivity index (χ1) is 8.93. The van der Waals surface area contributed by atoms with Gasteiger partial charge >= 0.3 is 6.09 Å². The van der Waals surface area contributed by atoms with Crippen LogP contribution in [0.5, 0.6) is 0 Å². The van der Waals surface area contributed by atoms with Gasteiger partial charge in [-0.2, -0.15) is 0 Å². The van der Waals surface area contributed by atoms with Gasteiger partial charge in [0.1, 0.15) is 0 Å². The molecule has 0 fully saturated rings. The van der Waals surface area contributed by atoms with Crippen LogP contribution in [0.2, 0.25) is 5.02 Å². The molecule has 0 aliphatic carbocycles. The number of rotatable bonds is 4. The molecule has 0 unspecified atom stereocenters. The van der Waals surface area contributed by atoms with Gasteiger partial charge in [0.05, 0.1) is 13.2 Å². The summed E-state index contributed by atoms with van der Waals surface area (Å²) in [7, 11) is 1.21. The van der Waals surface area contributed by atoms with E-state index in [-0.39, 0.29) is 6.04 Å². The minimum absolute atomic E-state index is 0.0457. The Morgan fingerprint density at radius 2 is 1.79 bits per heavy atom. The number of hydrogen-bond acceptors (Lipinski definition) is 4. The molecule has 0 spiro atoms. The van der Waals surface area contributed by atoms with Crippen molar-refractivity contribution >= 4 is 23.6 Å². The molecule has 1 aromatic rings. The van der Waals surface area contributed by atoms with Gasteiger partial charge in [0.25, 0.3) is 0 Å². The summed E-state index contributed by atoms with van der Waals surface area (Å²) in [5.41, 5.74) is 1.00. The molecule has 0 heterocycles. The number of amides is 2. The fourth-order valence-electron chi connectivity index (χ4n) is 1.56. The maximum absolute atomic E-state index is 11.6. The summed E-state index contributed by atoms with van der Waals surface area (Å²) in [6.07, 6.45) is -0.766. The highest BCUT2D eigenvalue weighted by molar-refractivity contribution is 6.30.